The lowest BCUT2D eigenvalue weighted by atomic mass is 10.2. The molecule has 2 rings (SSSR count). The van der Waals surface area contributed by atoms with Gasteiger partial charge in [0.2, 0.25) is 0 Å². The Labute approximate surface area is 114 Å². The maximum atomic E-state index is 12.9. The summed E-state index contributed by atoms with van der Waals surface area (Å²) in [5.41, 5.74) is 4.16. The summed E-state index contributed by atoms with van der Waals surface area (Å²) in [4.78, 5) is 0. The van der Waals surface area contributed by atoms with E-state index in [1.165, 1.54) is 18.3 Å². The third kappa shape index (κ3) is 3.45. The molecule has 0 aliphatic carbocycles. The normalized spacial score (nSPS) is 10.8. The molecule has 0 saturated carbocycles. The lowest BCUT2D eigenvalue weighted by Gasteiger charge is -2.01. The fraction of sp³-hybridized carbons (Fsp3) is 0. The van der Waals surface area contributed by atoms with Gasteiger partial charge < -0.3 is 0 Å². The van der Waals surface area contributed by atoms with Crippen LogP contribution in [-0.4, -0.2) is 6.21 Å². The van der Waals surface area contributed by atoms with Crippen LogP contribution in [-0.2, 0) is 0 Å². The molecule has 18 heavy (non-hydrogen) atoms. The van der Waals surface area contributed by atoms with Crippen molar-refractivity contribution in [1.82, 2.24) is 0 Å². The number of benzene rings is 2. The van der Waals surface area contributed by atoms with Gasteiger partial charge in [-0.25, -0.2) is 4.39 Å². The van der Waals surface area contributed by atoms with Crippen molar-refractivity contribution < 1.29 is 4.39 Å². The minimum atomic E-state index is -0.298. The summed E-state index contributed by atoms with van der Waals surface area (Å²) in [6.07, 6.45) is 1.52. The zero-order valence-corrected chi connectivity index (χ0v) is 10.7. The quantitative estimate of drug-likeness (QED) is 0.647. The van der Waals surface area contributed by atoms with Crippen LogP contribution in [0.2, 0.25) is 10.0 Å². The first-order chi connectivity index (χ1) is 8.65. The molecule has 2 aromatic carbocycles. The summed E-state index contributed by atoms with van der Waals surface area (Å²) in [5.74, 6) is -0.298. The molecule has 0 amide bonds. The van der Waals surface area contributed by atoms with Crippen molar-refractivity contribution >= 4 is 35.1 Å². The molecule has 2 nitrogen and oxygen atoms in total. The highest BCUT2D eigenvalue weighted by molar-refractivity contribution is 6.42. The monoisotopic (exact) mass is 282 g/mol. The average Bonchev–Trinajstić information content (AvgIpc) is 2.34. The van der Waals surface area contributed by atoms with E-state index in [1.54, 1.807) is 30.3 Å². The Kier molecular flexibility index (Phi) is 4.18. The van der Waals surface area contributed by atoms with Crippen molar-refractivity contribution in [3.05, 3.63) is 63.9 Å². The van der Waals surface area contributed by atoms with Gasteiger partial charge in [-0.3, -0.25) is 5.43 Å². The van der Waals surface area contributed by atoms with E-state index in [2.05, 4.69) is 10.5 Å². The van der Waals surface area contributed by atoms with E-state index >= 15 is 0 Å². The summed E-state index contributed by atoms with van der Waals surface area (Å²) in [6.45, 7) is 0. The number of anilines is 1. The summed E-state index contributed by atoms with van der Waals surface area (Å²) in [5, 5.41) is 4.91. The van der Waals surface area contributed by atoms with Crippen LogP contribution < -0.4 is 5.43 Å². The number of rotatable bonds is 3. The van der Waals surface area contributed by atoms with E-state index in [-0.39, 0.29) is 5.82 Å². The largest absolute Gasteiger partial charge is 0.278 e. The maximum absolute atomic E-state index is 12.9. The smallest absolute Gasteiger partial charge is 0.123 e. The lowest BCUT2D eigenvalue weighted by molar-refractivity contribution is 0.627. The first-order valence-corrected chi connectivity index (χ1v) is 5.90. The Morgan fingerprint density at radius 3 is 2.61 bits per heavy atom. The Morgan fingerprint density at radius 1 is 1.06 bits per heavy atom. The van der Waals surface area contributed by atoms with Crippen LogP contribution >= 0.6 is 23.2 Å². The fourth-order valence-electron chi connectivity index (χ4n) is 1.33. The summed E-state index contributed by atoms with van der Waals surface area (Å²) >= 11 is 11.6. The van der Waals surface area contributed by atoms with Gasteiger partial charge in [0.05, 0.1) is 21.9 Å². The number of hydrogen-bond donors (Lipinski definition) is 1. The second-order valence-electron chi connectivity index (χ2n) is 3.55. The van der Waals surface area contributed by atoms with E-state index in [0.29, 0.717) is 21.3 Å². The van der Waals surface area contributed by atoms with E-state index < -0.39 is 0 Å². The molecule has 0 atom stereocenters. The predicted molar refractivity (Wildman–Crippen MR) is 74.1 cm³/mol. The van der Waals surface area contributed by atoms with Crippen molar-refractivity contribution in [3.63, 3.8) is 0 Å². The molecule has 0 fully saturated rings. The van der Waals surface area contributed by atoms with Gasteiger partial charge in [0.25, 0.3) is 0 Å². The van der Waals surface area contributed by atoms with Crippen molar-refractivity contribution in [2.45, 2.75) is 0 Å². The highest BCUT2D eigenvalue weighted by atomic mass is 35.5. The average molecular weight is 283 g/mol. The topological polar surface area (TPSA) is 24.4 Å². The Morgan fingerprint density at radius 2 is 1.89 bits per heavy atom. The fourth-order valence-corrected chi connectivity index (χ4v) is 1.63. The van der Waals surface area contributed by atoms with Crippen molar-refractivity contribution in [2.24, 2.45) is 5.10 Å². The number of hydrogen-bond acceptors (Lipinski definition) is 2. The van der Waals surface area contributed by atoms with Gasteiger partial charge in [-0.15, -0.1) is 0 Å². The van der Waals surface area contributed by atoms with Gasteiger partial charge in [-0.05, 0) is 35.9 Å². The molecule has 0 radical (unpaired) electrons. The van der Waals surface area contributed by atoms with Crippen LogP contribution in [0.3, 0.4) is 0 Å². The maximum Gasteiger partial charge on any atom is 0.123 e. The van der Waals surface area contributed by atoms with Crippen molar-refractivity contribution in [1.29, 1.82) is 0 Å². The molecule has 0 bridgehead atoms. The molecule has 5 heteroatoms. The second kappa shape index (κ2) is 5.85. The Hall–Kier alpha value is -1.58. The molecule has 0 saturated heterocycles. The molecule has 0 aliphatic rings. The van der Waals surface area contributed by atoms with Gasteiger partial charge in [-0.2, -0.15) is 5.10 Å². The minimum absolute atomic E-state index is 0.298. The predicted octanol–water partition coefficient (Wildman–Crippen LogP) is 4.58. The third-order valence-electron chi connectivity index (χ3n) is 2.18. The van der Waals surface area contributed by atoms with Crippen LogP contribution in [0.15, 0.2) is 47.6 Å². The molecule has 0 heterocycles. The molecule has 92 valence electrons. The standard InChI is InChI=1S/C13H9Cl2FN2/c14-12-5-4-11(7-13(12)15)18-17-8-9-2-1-3-10(16)6-9/h1-8,18H. The van der Waals surface area contributed by atoms with Gasteiger partial charge in [0.15, 0.2) is 0 Å². The first kappa shape index (κ1) is 12.9. The van der Waals surface area contributed by atoms with E-state index in [4.69, 9.17) is 23.2 Å². The molecule has 0 unspecified atom stereocenters. The van der Waals surface area contributed by atoms with Crippen LogP contribution in [0.1, 0.15) is 5.56 Å². The van der Waals surface area contributed by atoms with Gasteiger partial charge in [-0.1, -0.05) is 35.3 Å². The number of nitrogens with one attached hydrogen (secondary N) is 1. The SMILES string of the molecule is Fc1cccc(C=NNc2ccc(Cl)c(Cl)c2)c1. The van der Waals surface area contributed by atoms with Crippen LogP contribution in [0.25, 0.3) is 0 Å². The third-order valence-corrected chi connectivity index (χ3v) is 2.91. The van der Waals surface area contributed by atoms with Crippen molar-refractivity contribution in [2.75, 3.05) is 5.43 Å². The molecular formula is C13H9Cl2FN2. The highest BCUT2D eigenvalue weighted by Gasteiger charge is 1.97. The molecule has 1 N–H and O–H groups in total. The zero-order valence-electron chi connectivity index (χ0n) is 9.20. The number of halogens is 3. The van der Waals surface area contributed by atoms with Crippen LogP contribution in [0, 0.1) is 5.82 Å². The summed E-state index contributed by atoms with van der Waals surface area (Å²) in [7, 11) is 0. The molecule has 0 spiro atoms. The van der Waals surface area contributed by atoms with E-state index in [1.807, 2.05) is 0 Å². The first-order valence-electron chi connectivity index (χ1n) is 5.15. The number of nitrogens with zero attached hydrogens (tertiary/aromatic N) is 1. The molecule has 0 aromatic heterocycles. The summed E-state index contributed by atoms with van der Waals surface area (Å²) < 4.78 is 12.9. The van der Waals surface area contributed by atoms with Gasteiger partial charge in [0.1, 0.15) is 5.82 Å². The summed E-state index contributed by atoms with van der Waals surface area (Å²) in [6, 6.07) is 11.2. The zero-order chi connectivity index (χ0) is 13.0. The Bertz CT molecular complexity index is 585. The van der Waals surface area contributed by atoms with Crippen LogP contribution in [0.5, 0.6) is 0 Å². The Balaban J connectivity index is 2.05. The van der Waals surface area contributed by atoms with Gasteiger partial charge in [0, 0.05) is 0 Å². The number of hydrazone groups is 1. The molecule has 0 aliphatic heterocycles. The van der Waals surface area contributed by atoms with E-state index in [0.717, 1.165) is 0 Å². The van der Waals surface area contributed by atoms with Crippen molar-refractivity contribution in [3.8, 4) is 0 Å². The van der Waals surface area contributed by atoms with Gasteiger partial charge >= 0.3 is 0 Å². The highest BCUT2D eigenvalue weighted by Crippen LogP contribution is 2.24. The van der Waals surface area contributed by atoms with E-state index in [9.17, 15) is 4.39 Å². The van der Waals surface area contributed by atoms with Crippen LogP contribution in [0.4, 0.5) is 10.1 Å². The molecular weight excluding hydrogens is 274 g/mol. The second-order valence-corrected chi connectivity index (χ2v) is 4.37. The minimum Gasteiger partial charge on any atom is -0.278 e. The lowest BCUT2D eigenvalue weighted by Crippen LogP contribution is -1.91. The molecule has 2 aromatic rings.